The van der Waals surface area contributed by atoms with Crippen LogP contribution in [0.15, 0.2) is 56.3 Å². The second-order valence-corrected chi connectivity index (χ2v) is 7.77. The number of sulfonamides is 1. The lowest BCUT2D eigenvalue weighted by Crippen LogP contribution is -2.14. The summed E-state index contributed by atoms with van der Waals surface area (Å²) >= 11 is 6.68. The van der Waals surface area contributed by atoms with Gasteiger partial charge in [0.1, 0.15) is 0 Å². The Labute approximate surface area is 141 Å². The molecular formula is C14H14Br2N2O2S. The molecule has 0 atom stereocenters. The Balaban J connectivity index is 2.30. The monoisotopic (exact) mass is 432 g/mol. The summed E-state index contributed by atoms with van der Waals surface area (Å²) in [6.07, 6.45) is 0. The molecule has 2 N–H and O–H groups in total. The van der Waals surface area contributed by atoms with Crippen LogP contribution in [-0.2, 0) is 16.6 Å². The average Bonchev–Trinajstić information content (AvgIpc) is 2.44. The van der Waals surface area contributed by atoms with Crippen molar-refractivity contribution < 1.29 is 8.42 Å². The summed E-state index contributed by atoms with van der Waals surface area (Å²) in [5.74, 6) is 0. The number of rotatable bonds is 5. The summed E-state index contributed by atoms with van der Waals surface area (Å²) in [6, 6.07) is 12.1. The van der Waals surface area contributed by atoms with Crippen LogP contribution in [0.5, 0.6) is 0 Å². The first-order valence-corrected chi connectivity index (χ1v) is 9.21. The molecule has 0 fully saturated rings. The van der Waals surface area contributed by atoms with Crippen LogP contribution < -0.4 is 10.0 Å². The first-order chi connectivity index (χ1) is 9.94. The molecule has 7 heteroatoms. The Morgan fingerprint density at radius 3 is 2.10 bits per heavy atom. The van der Waals surface area contributed by atoms with Crippen molar-refractivity contribution in [3.63, 3.8) is 0 Å². The van der Waals surface area contributed by atoms with Gasteiger partial charge in [0.25, 0.3) is 10.0 Å². The predicted molar refractivity (Wildman–Crippen MR) is 91.9 cm³/mol. The van der Waals surface area contributed by atoms with E-state index in [-0.39, 0.29) is 4.90 Å². The van der Waals surface area contributed by atoms with E-state index < -0.39 is 10.0 Å². The quantitative estimate of drug-likeness (QED) is 0.755. The molecular weight excluding hydrogens is 420 g/mol. The number of hydrogen-bond acceptors (Lipinski definition) is 3. The summed E-state index contributed by atoms with van der Waals surface area (Å²) in [7, 11) is -1.78. The molecule has 0 aliphatic carbocycles. The van der Waals surface area contributed by atoms with Crippen molar-refractivity contribution in [2.24, 2.45) is 0 Å². The van der Waals surface area contributed by atoms with Crippen LogP contribution in [0, 0.1) is 0 Å². The van der Waals surface area contributed by atoms with Gasteiger partial charge in [-0.25, -0.2) is 8.42 Å². The molecule has 2 rings (SSSR count). The van der Waals surface area contributed by atoms with Gasteiger partial charge in [-0.15, -0.1) is 0 Å². The number of nitrogens with one attached hydrogen (secondary N) is 2. The molecule has 0 aliphatic rings. The second kappa shape index (κ2) is 6.91. The van der Waals surface area contributed by atoms with E-state index in [0.29, 0.717) is 21.2 Å². The first kappa shape index (κ1) is 16.5. The highest BCUT2D eigenvalue weighted by Crippen LogP contribution is 2.32. The second-order valence-electron chi connectivity index (χ2n) is 4.38. The molecule has 0 amide bonds. The highest BCUT2D eigenvalue weighted by Gasteiger charge is 2.17. The van der Waals surface area contributed by atoms with Crippen molar-refractivity contribution in [1.82, 2.24) is 5.32 Å². The van der Waals surface area contributed by atoms with Gasteiger partial charge in [0, 0.05) is 15.5 Å². The molecule has 0 aromatic heterocycles. The molecule has 0 unspecified atom stereocenters. The highest BCUT2D eigenvalue weighted by molar-refractivity contribution is 9.11. The maximum Gasteiger partial charge on any atom is 0.261 e. The van der Waals surface area contributed by atoms with Gasteiger partial charge in [0.2, 0.25) is 0 Å². The maximum absolute atomic E-state index is 12.4. The number of hydrogen-bond donors (Lipinski definition) is 2. The normalized spacial score (nSPS) is 11.4. The smallest absolute Gasteiger partial charge is 0.261 e. The van der Waals surface area contributed by atoms with Crippen LogP contribution in [0.25, 0.3) is 0 Å². The molecule has 0 saturated carbocycles. The van der Waals surface area contributed by atoms with Crippen LogP contribution in [0.4, 0.5) is 5.69 Å². The standard InChI is InChI=1S/C14H14Br2N2O2S/c1-17-9-10-5-7-11(8-6-10)21(19,20)18-14-12(15)3-2-4-13(14)16/h2-8,17-18H,9H2,1H3. The lowest BCUT2D eigenvalue weighted by Gasteiger charge is -2.12. The van der Waals surface area contributed by atoms with Gasteiger partial charge >= 0.3 is 0 Å². The van der Waals surface area contributed by atoms with Gasteiger partial charge in [-0.05, 0) is 68.7 Å². The summed E-state index contributed by atoms with van der Waals surface area (Å²) < 4.78 is 28.7. The predicted octanol–water partition coefficient (Wildman–Crippen LogP) is 3.73. The summed E-state index contributed by atoms with van der Waals surface area (Å²) in [5, 5.41) is 3.02. The van der Waals surface area contributed by atoms with E-state index in [0.717, 1.165) is 5.56 Å². The number of anilines is 1. The van der Waals surface area contributed by atoms with Crippen molar-refractivity contribution in [2.75, 3.05) is 11.8 Å². The molecule has 0 aliphatic heterocycles. The summed E-state index contributed by atoms with van der Waals surface area (Å²) in [5.41, 5.74) is 1.51. The number of benzene rings is 2. The van der Waals surface area contributed by atoms with Crippen molar-refractivity contribution >= 4 is 47.6 Å². The number of halogens is 2. The zero-order chi connectivity index (χ0) is 15.5. The van der Waals surface area contributed by atoms with E-state index in [1.54, 1.807) is 36.4 Å². The highest BCUT2D eigenvalue weighted by atomic mass is 79.9. The van der Waals surface area contributed by atoms with E-state index in [1.165, 1.54) is 0 Å². The van der Waals surface area contributed by atoms with E-state index in [2.05, 4.69) is 41.9 Å². The van der Waals surface area contributed by atoms with E-state index in [4.69, 9.17) is 0 Å². The van der Waals surface area contributed by atoms with Crippen LogP contribution >= 0.6 is 31.9 Å². The largest absolute Gasteiger partial charge is 0.316 e. The lowest BCUT2D eigenvalue weighted by atomic mass is 10.2. The van der Waals surface area contributed by atoms with Crippen LogP contribution in [0.1, 0.15) is 5.56 Å². The molecule has 0 saturated heterocycles. The van der Waals surface area contributed by atoms with Crippen LogP contribution in [0.2, 0.25) is 0 Å². The molecule has 0 radical (unpaired) electrons. The zero-order valence-electron chi connectivity index (χ0n) is 11.2. The van der Waals surface area contributed by atoms with Crippen molar-refractivity contribution in [3.05, 3.63) is 57.0 Å². The van der Waals surface area contributed by atoms with Crippen LogP contribution in [-0.4, -0.2) is 15.5 Å². The van der Waals surface area contributed by atoms with Gasteiger partial charge in [-0.3, -0.25) is 4.72 Å². The number of para-hydroxylation sites is 1. The fraction of sp³-hybridized carbons (Fsp3) is 0.143. The third kappa shape index (κ3) is 4.06. The minimum absolute atomic E-state index is 0.227. The summed E-state index contributed by atoms with van der Waals surface area (Å²) in [4.78, 5) is 0.227. The van der Waals surface area contributed by atoms with Gasteiger partial charge in [-0.1, -0.05) is 18.2 Å². The Kier molecular flexibility index (Phi) is 5.43. The lowest BCUT2D eigenvalue weighted by molar-refractivity contribution is 0.601. The minimum atomic E-state index is -3.62. The van der Waals surface area contributed by atoms with Crippen molar-refractivity contribution in [3.8, 4) is 0 Å². The minimum Gasteiger partial charge on any atom is -0.316 e. The van der Waals surface area contributed by atoms with Gasteiger partial charge in [0.05, 0.1) is 10.6 Å². The Morgan fingerprint density at radius 1 is 1.00 bits per heavy atom. The Hall–Kier alpha value is -0.890. The van der Waals surface area contributed by atoms with Gasteiger partial charge in [-0.2, -0.15) is 0 Å². The Morgan fingerprint density at radius 2 is 1.57 bits per heavy atom. The van der Waals surface area contributed by atoms with E-state index in [1.807, 2.05) is 13.1 Å². The van der Waals surface area contributed by atoms with Crippen molar-refractivity contribution in [1.29, 1.82) is 0 Å². The van der Waals surface area contributed by atoms with Gasteiger partial charge < -0.3 is 5.32 Å². The fourth-order valence-corrected chi connectivity index (χ4v) is 4.34. The van der Waals surface area contributed by atoms with Crippen molar-refractivity contribution in [2.45, 2.75) is 11.4 Å². The molecule has 0 spiro atoms. The summed E-state index contributed by atoms with van der Waals surface area (Å²) in [6.45, 7) is 0.698. The van der Waals surface area contributed by atoms with E-state index >= 15 is 0 Å². The zero-order valence-corrected chi connectivity index (χ0v) is 15.2. The van der Waals surface area contributed by atoms with Crippen LogP contribution in [0.3, 0.4) is 0 Å². The third-order valence-corrected chi connectivity index (χ3v) is 5.50. The Bertz CT molecular complexity index is 711. The molecule has 0 bridgehead atoms. The topological polar surface area (TPSA) is 58.2 Å². The molecule has 112 valence electrons. The molecule has 2 aromatic carbocycles. The molecule has 21 heavy (non-hydrogen) atoms. The third-order valence-electron chi connectivity index (χ3n) is 2.81. The SMILES string of the molecule is CNCc1ccc(S(=O)(=O)Nc2c(Br)cccc2Br)cc1. The van der Waals surface area contributed by atoms with Gasteiger partial charge in [0.15, 0.2) is 0 Å². The molecule has 2 aromatic rings. The average molecular weight is 434 g/mol. The van der Waals surface area contributed by atoms with E-state index in [9.17, 15) is 8.42 Å². The maximum atomic E-state index is 12.4. The molecule has 0 heterocycles. The fourth-order valence-electron chi connectivity index (χ4n) is 1.78. The first-order valence-electron chi connectivity index (χ1n) is 6.14. The molecule has 4 nitrogen and oxygen atoms in total.